The zero-order valence-electron chi connectivity index (χ0n) is 11.1. The van der Waals surface area contributed by atoms with E-state index in [4.69, 9.17) is 5.73 Å². The van der Waals surface area contributed by atoms with Gasteiger partial charge in [-0.25, -0.2) is 0 Å². The number of hydrogen-bond acceptors (Lipinski definition) is 2. The van der Waals surface area contributed by atoms with Crippen LogP contribution in [0, 0.1) is 19.8 Å². The van der Waals surface area contributed by atoms with Crippen molar-refractivity contribution in [2.24, 2.45) is 11.7 Å². The summed E-state index contributed by atoms with van der Waals surface area (Å²) in [6.07, 6.45) is 0. The highest BCUT2D eigenvalue weighted by Gasteiger charge is 2.18. The lowest BCUT2D eigenvalue weighted by Crippen LogP contribution is -2.44. The van der Waals surface area contributed by atoms with Gasteiger partial charge >= 0.3 is 0 Å². The molecule has 1 atom stereocenters. The van der Waals surface area contributed by atoms with E-state index in [1.165, 1.54) is 16.7 Å². The summed E-state index contributed by atoms with van der Waals surface area (Å²) in [5.74, 6) is -0.0805. The maximum atomic E-state index is 11.3. The van der Waals surface area contributed by atoms with Gasteiger partial charge in [-0.2, -0.15) is 0 Å². The van der Waals surface area contributed by atoms with E-state index >= 15 is 0 Å². The maximum absolute atomic E-state index is 11.3. The van der Waals surface area contributed by atoms with Crippen molar-refractivity contribution in [2.45, 2.75) is 40.3 Å². The molecule has 0 aliphatic carbocycles. The molecule has 0 aliphatic heterocycles. The Kier molecular flexibility index (Phi) is 4.70. The van der Waals surface area contributed by atoms with E-state index in [1.54, 1.807) is 0 Å². The Bertz CT molecular complexity index is 399. The van der Waals surface area contributed by atoms with Crippen molar-refractivity contribution in [1.82, 2.24) is 5.32 Å². The molecule has 1 aromatic carbocycles. The van der Waals surface area contributed by atoms with E-state index in [0.29, 0.717) is 6.54 Å². The number of rotatable bonds is 5. The molecule has 0 heterocycles. The van der Waals surface area contributed by atoms with Crippen LogP contribution in [0.5, 0.6) is 0 Å². The molecule has 1 unspecified atom stereocenters. The minimum Gasteiger partial charge on any atom is -0.368 e. The summed E-state index contributed by atoms with van der Waals surface area (Å²) < 4.78 is 0. The molecule has 17 heavy (non-hydrogen) atoms. The van der Waals surface area contributed by atoms with Crippen LogP contribution in [-0.4, -0.2) is 11.9 Å². The van der Waals surface area contributed by atoms with Gasteiger partial charge in [0.1, 0.15) is 0 Å². The molecule has 0 saturated carbocycles. The molecule has 1 rings (SSSR count). The van der Waals surface area contributed by atoms with Crippen molar-refractivity contribution < 1.29 is 4.79 Å². The largest absolute Gasteiger partial charge is 0.368 e. The normalized spacial score (nSPS) is 12.8. The van der Waals surface area contributed by atoms with Crippen molar-refractivity contribution in [3.8, 4) is 0 Å². The highest BCUT2D eigenvalue weighted by molar-refractivity contribution is 5.80. The number of amides is 1. The molecule has 0 aliphatic rings. The van der Waals surface area contributed by atoms with Crippen molar-refractivity contribution >= 4 is 5.91 Å². The van der Waals surface area contributed by atoms with Crippen LogP contribution in [0.25, 0.3) is 0 Å². The Labute approximate surface area is 103 Å². The summed E-state index contributed by atoms with van der Waals surface area (Å²) in [5.41, 5.74) is 9.06. The van der Waals surface area contributed by atoms with Gasteiger partial charge in [0.15, 0.2) is 0 Å². The van der Waals surface area contributed by atoms with Gasteiger partial charge in [-0.15, -0.1) is 0 Å². The Hall–Kier alpha value is -1.35. The van der Waals surface area contributed by atoms with Crippen LogP contribution in [0.3, 0.4) is 0 Å². The zero-order chi connectivity index (χ0) is 13.0. The van der Waals surface area contributed by atoms with E-state index in [0.717, 1.165) is 0 Å². The minimum absolute atomic E-state index is 0.207. The van der Waals surface area contributed by atoms with E-state index < -0.39 is 0 Å². The second-order valence-electron chi connectivity index (χ2n) is 4.93. The van der Waals surface area contributed by atoms with Crippen LogP contribution in [0.4, 0.5) is 0 Å². The number of benzene rings is 1. The molecule has 0 spiro atoms. The summed E-state index contributed by atoms with van der Waals surface area (Å²) in [4.78, 5) is 11.3. The first kappa shape index (κ1) is 13.7. The van der Waals surface area contributed by atoms with Crippen molar-refractivity contribution in [1.29, 1.82) is 0 Å². The summed E-state index contributed by atoms with van der Waals surface area (Å²) >= 11 is 0. The van der Waals surface area contributed by atoms with Crippen molar-refractivity contribution in [3.05, 3.63) is 34.9 Å². The van der Waals surface area contributed by atoms with Gasteiger partial charge in [-0.05, 0) is 30.9 Å². The van der Waals surface area contributed by atoms with Gasteiger partial charge in [0.25, 0.3) is 0 Å². The van der Waals surface area contributed by atoms with E-state index in [2.05, 4.69) is 37.4 Å². The van der Waals surface area contributed by atoms with Gasteiger partial charge in [-0.1, -0.05) is 37.6 Å². The van der Waals surface area contributed by atoms with Crippen LogP contribution in [0.2, 0.25) is 0 Å². The molecule has 0 fully saturated rings. The monoisotopic (exact) mass is 234 g/mol. The third kappa shape index (κ3) is 3.86. The molecule has 3 N–H and O–H groups in total. The molecule has 3 nitrogen and oxygen atoms in total. The van der Waals surface area contributed by atoms with E-state index in [1.807, 2.05) is 13.8 Å². The van der Waals surface area contributed by atoms with Crippen LogP contribution < -0.4 is 11.1 Å². The van der Waals surface area contributed by atoms with Crippen molar-refractivity contribution in [2.75, 3.05) is 0 Å². The van der Waals surface area contributed by atoms with Crippen LogP contribution in [-0.2, 0) is 11.3 Å². The van der Waals surface area contributed by atoms with Gasteiger partial charge < -0.3 is 11.1 Å². The first-order valence-corrected chi connectivity index (χ1v) is 6.00. The third-order valence-corrected chi connectivity index (χ3v) is 2.98. The second kappa shape index (κ2) is 5.82. The summed E-state index contributed by atoms with van der Waals surface area (Å²) in [6.45, 7) is 8.82. The zero-order valence-corrected chi connectivity index (χ0v) is 11.1. The van der Waals surface area contributed by atoms with Crippen molar-refractivity contribution in [3.63, 3.8) is 0 Å². The molecule has 3 heteroatoms. The molecule has 0 aromatic heterocycles. The minimum atomic E-state index is -0.287. The number of hydrogen-bond donors (Lipinski definition) is 2. The number of nitrogens with one attached hydrogen (secondary N) is 1. The Morgan fingerprint density at radius 3 is 2.47 bits per heavy atom. The van der Waals surface area contributed by atoms with Gasteiger partial charge in [0, 0.05) is 6.54 Å². The summed E-state index contributed by atoms with van der Waals surface area (Å²) in [6, 6.07) is 6.05. The standard InChI is InChI=1S/C14H22N2O/c1-9(2)13(14(15)17)16-8-12-6-5-10(3)7-11(12)4/h5-7,9,13,16H,8H2,1-4H3,(H2,15,17). The smallest absolute Gasteiger partial charge is 0.234 e. The number of carbonyl (C=O) groups excluding carboxylic acids is 1. The topological polar surface area (TPSA) is 55.1 Å². The summed E-state index contributed by atoms with van der Waals surface area (Å²) in [7, 11) is 0. The van der Waals surface area contributed by atoms with E-state index in [-0.39, 0.29) is 17.9 Å². The molecular formula is C14H22N2O. The first-order chi connectivity index (χ1) is 7.91. The second-order valence-corrected chi connectivity index (χ2v) is 4.93. The molecular weight excluding hydrogens is 212 g/mol. The van der Waals surface area contributed by atoms with E-state index in [9.17, 15) is 4.79 Å². The summed E-state index contributed by atoms with van der Waals surface area (Å²) in [5, 5.41) is 3.22. The fourth-order valence-corrected chi connectivity index (χ4v) is 1.93. The highest BCUT2D eigenvalue weighted by atomic mass is 16.1. The average Bonchev–Trinajstić information content (AvgIpc) is 2.20. The SMILES string of the molecule is Cc1ccc(CNC(C(N)=O)C(C)C)c(C)c1. The van der Waals surface area contributed by atoms with Gasteiger partial charge in [0.05, 0.1) is 6.04 Å². The predicted molar refractivity (Wildman–Crippen MR) is 70.6 cm³/mol. The lowest BCUT2D eigenvalue weighted by Gasteiger charge is -2.19. The lowest BCUT2D eigenvalue weighted by molar-refractivity contribution is -0.121. The molecule has 1 aromatic rings. The number of primary amides is 1. The van der Waals surface area contributed by atoms with Crippen LogP contribution in [0.15, 0.2) is 18.2 Å². The van der Waals surface area contributed by atoms with Crippen LogP contribution in [0.1, 0.15) is 30.5 Å². The highest BCUT2D eigenvalue weighted by Crippen LogP contribution is 2.11. The fraction of sp³-hybridized carbons (Fsp3) is 0.500. The Morgan fingerprint density at radius 1 is 1.35 bits per heavy atom. The Balaban J connectivity index is 2.69. The molecule has 94 valence electrons. The molecule has 0 saturated heterocycles. The number of carbonyl (C=O) groups is 1. The number of nitrogens with two attached hydrogens (primary N) is 1. The van der Waals surface area contributed by atoms with Gasteiger partial charge in [0.2, 0.25) is 5.91 Å². The van der Waals surface area contributed by atoms with Crippen LogP contribution >= 0.6 is 0 Å². The van der Waals surface area contributed by atoms with Gasteiger partial charge in [-0.3, -0.25) is 4.79 Å². The average molecular weight is 234 g/mol. The Morgan fingerprint density at radius 2 is 2.00 bits per heavy atom. The number of aryl methyl sites for hydroxylation is 2. The molecule has 0 bridgehead atoms. The first-order valence-electron chi connectivity index (χ1n) is 6.00. The maximum Gasteiger partial charge on any atom is 0.234 e. The lowest BCUT2D eigenvalue weighted by atomic mass is 10.0. The predicted octanol–water partition coefficient (Wildman–Crippen LogP) is 1.90. The molecule has 1 amide bonds. The fourth-order valence-electron chi connectivity index (χ4n) is 1.93. The third-order valence-electron chi connectivity index (χ3n) is 2.98. The molecule has 0 radical (unpaired) electrons. The quantitative estimate of drug-likeness (QED) is 0.817.